The first-order valence-corrected chi connectivity index (χ1v) is 23.2. The Hall–Kier alpha value is -1.77. The molecule has 0 spiro atoms. The molecule has 0 aliphatic rings. The number of likely N-dealkylation sites (N-methyl/N-ethyl adjacent to an activating group) is 1. The molecule has 0 radical (unpaired) electrons. The number of nitrogens with zero attached hydrogens (tertiary/aromatic N) is 1. The second kappa shape index (κ2) is 36.8. The lowest BCUT2D eigenvalue weighted by Crippen LogP contribution is -2.37. The van der Waals surface area contributed by atoms with Crippen LogP contribution in [0.3, 0.4) is 0 Å². The molecule has 0 saturated heterocycles. The zero-order valence-corrected chi connectivity index (χ0v) is 36.3. The van der Waals surface area contributed by atoms with Crippen LogP contribution in [-0.4, -0.2) is 70.0 Å². The number of rotatable bonds is 39. The van der Waals surface area contributed by atoms with Gasteiger partial charge < -0.3 is 27.9 Å². The van der Waals surface area contributed by atoms with Crippen molar-refractivity contribution in [1.29, 1.82) is 0 Å². The first-order chi connectivity index (χ1) is 26.0. The average molecular weight is 784 g/mol. The molecule has 0 aromatic heterocycles. The molecule has 0 fully saturated rings. The Morgan fingerprint density at radius 3 is 1.56 bits per heavy atom. The third-order valence-electron chi connectivity index (χ3n) is 9.13. The number of ether oxygens (including phenoxy) is 2. The van der Waals surface area contributed by atoms with Gasteiger partial charge in [-0.05, 0) is 64.2 Å². The number of hydrogen-bond donors (Lipinski definition) is 0. The summed E-state index contributed by atoms with van der Waals surface area (Å²) in [6, 6.07) is 0. The molecule has 2 atom stereocenters. The number of carbonyl (C=O) groups excluding carboxylic acids is 2. The summed E-state index contributed by atoms with van der Waals surface area (Å²) in [7, 11) is 1.13. The highest BCUT2D eigenvalue weighted by atomic mass is 31.2. The highest BCUT2D eigenvalue weighted by Gasteiger charge is 2.21. The molecule has 0 N–H and O–H groups in total. The molecule has 0 amide bonds. The van der Waals surface area contributed by atoms with Gasteiger partial charge in [-0.2, -0.15) is 0 Å². The Labute approximate surface area is 331 Å². The van der Waals surface area contributed by atoms with Crippen molar-refractivity contribution in [2.45, 2.75) is 187 Å². The average Bonchev–Trinajstić information content (AvgIpc) is 3.12. The third kappa shape index (κ3) is 39.9. The van der Waals surface area contributed by atoms with Gasteiger partial charge in [0.15, 0.2) is 6.10 Å². The molecule has 0 aliphatic carbocycles. The van der Waals surface area contributed by atoms with Crippen molar-refractivity contribution in [3.63, 3.8) is 0 Å². The number of phosphoric acid groups is 1. The van der Waals surface area contributed by atoms with Crippen LogP contribution in [-0.2, 0) is 32.7 Å². The molecular weight excluding hydrogens is 701 g/mol. The van der Waals surface area contributed by atoms with E-state index in [4.69, 9.17) is 18.5 Å². The van der Waals surface area contributed by atoms with Crippen LogP contribution in [0.4, 0.5) is 0 Å². The molecule has 0 heterocycles. The fourth-order valence-electron chi connectivity index (χ4n) is 5.69. The Bertz CT molecular complexity index is 1020. The van der Waals surface area contributed by atoms with Crippen molar-refractivity contribution in [3.05, 3.63) is 36.5 Å². The fourth-order valence-corrected chi connectivity index (χ4v) is 6.42. The van der Waals surface area contributed by atoms with Gasteiger partial charge in [-0.1, -0.05) is 140 Å². The Morgan fingerprint density at radius 1 is 0.574 bits per heavy atom. The number of unbranched alkanes of at least 4 members (excludes halogenated alkanes) is 19. The molecule has 0 aliphatic heterocycles. The van der Waals surface area contributed by atoms with Crippen LogP contribution in [0.2, 0.25) is 0 Å². The van der Waals surface area contributed by atoms with Gasteiger partial charge >= 0.3 is 11.9 Å². The lowest BCUT2D eigenvalue weighted by molar-refractivity contribution is -0.870. The van der Waals surface area contributed by atoms with Crippen molar-refractivity contribution in [3.8, 4) is 0 Å². The van der Waals surface area contributed by atoms with Crippen LogP contribution in [0, 0.1) is 0 Å². The Morgan fingerprint density at radius 2 is 1.02 bits per heavy atom. The smallest absolute Gasteiger partial charge is 0.306 e. The van der Waals surface area contributed by atoms with E-state index in [1.807, 2.05) is 21.1 Å². The van der Waals surface area contributed by atoms with E-state index >= 15 is 0 Å². The number of carbonyl (C=O) groups is 2. The lowest BCUT2D eigenvalue weighted by Gasteiger charge is -2.28. The summed E-state index contributed by atoms with van der Waals surface area (Å²) < 4.78 is 33.8. The van der Waals surface area contributed by atoms with E-state index in [0.29, 0.717) is 23.9 Å². The van der Waals surface area contributed by atoms with Gasteiger partial charge in [-0.25, -0.2) is 0 Å². The van der Waals surface area contributed by atoms with Gasteiger partial charge in [0.05, 0.1) is 27.7 Å². The molecule has 0 aromatic rings. The summed E-state index contributed by atoms with van der Waals surface area (Å²) in [4.78, 5) is 37.4. The molecule has 316 valence electrons. The predicted octanol–water partition coefficient (Wildman–Crippen LogP) is 11.5. The SMILES string of the molecule is CCCCCC/C=C/CCCCCCCC(=O)OC[C@H](COP(=O)([O-])OCC[N+](C)(C)C)OC(=O)CCC/C=C/C/C=C/CCCCCCCCCCC. The molecule has 1 unspecified atom stereocenters. The van der Waals surface area contributed by atoms with Crippen molar-refractivity contribution in [2.24, 2.45) is 0 Å². The number of esters is 2. The van der Waals surface area contributed by atoms with Crippen LogP contribution in [0.15, 0.2) is 36.5 Å². The normalized spacial score (nSPS) is 14.0. The van der Waals surface area contributed by atoms with Crippen molar-refractivity contribution >= 4 is 19.8 Å². The van der Waals surface area contributed by atoms with E-state index in [2.05, 4.69) is 50.3 Å². The second-order valence-corrected chi connectivity index (χ2v) is 17.1. The van der Waals surface area contributed by atoms with Crippen LogP contribution in [0.1, 0.15) is 181 Å². The molecule has 0 rings (SSSR count). The van der Waals surface area contributed by atoms with Crippen LogP contribution in [0.5, 0.6) is 0 Å². The van der Waals surface area contributed by atoms with Crippen molar-refractivity contribution < 1.29 is 42.1 Å². The van der Waals surface area contributed by atoms with Crippen LogP contribution in [0.25, 0.3) is 0 Å². The van der Waals surface area contributed by atoms with Gasteiger partial charge in [0.2, 0.25) is 0 Å². The molecule has 10 heteroatoms. The molecule has 0 aromatic carbocycles. The zero-order valence-electron chi connectivity index (χ0n) is 35.4. The number of phosphoric ester groups is 1. The summed E-state index contributed by atoms with van der Waals surface area (Å²) in [6.07, 6.45) is 40.4. The zero-order chi connectivity index (χ0) is 40.0. The number of quaternary nitrogens is 1. The van der Waals surface area contributed by atoms with Gasteiger partial charge in [0.25, 0.3) is 7.82 Å². The summed E-state index contributed by atoms with van der Waals surface area (Å²) >= 11 is 0. The maximum atomic E-state index is 12.6. The van der Waals surface area contributed by atoms with Crippen molar-refractivity contribution in [1.82, 2.24) is 0 Å². The first-order valence-electron chi connectivity index (χ1n) is 21.7. The maximum Gasteiger partial charge on any atom is 0.306 e. The van der Waals surface area contributed by atoms with E-state index in [1.165, 1.54) is 89.9 Å². The maximum absolute atomic E-state index is 12.6. The largest absolute Gasteiger partial charge is 0.756 e. The van der Waals surface area contributed by atoms with E-state index in [0.717, 1.165) is 51.4 Å². The fraction of sp³-hybridized carbons (Fsp3) is 0.818. The lowest BCUT2D eigenvalue weighted by atomic mass is 10.1. The molecule has 0 bridgehead atoms. The summed E-state index contributed by atoms with van der Waals surface area (Å²) in [5.74, 6) is -0.897. The highest BCUT2D eigenvalue weighted by molar-refractivity contribution is 7.45. The number of hydrogen-bond acceptors (Lipinski definition) is 8. The van der Waals surface area contributed by atoms with Gasteiger partial charge in [0, 0.05) is 12.8 Å². The van der Waals surface area contributed by atoms with Gasteiger partial charge in [0.1, 0.15) is 19.8 Å². The predicted molar refractivity (Wildman–Crippen MR) is 222 cm³/mol. The van der Waals surface area contributed by atoms with Crippen LogP contribution < -0.4 is 4.89 Å². The monoisotopic (exact) mass is 784 g/mol. The number of allylic oxidation sites excluding steroid dienone is 6. The molecule has 54 heavy (non-hydrogen) atoms. The summed E-state index contributed by atoms with van der Waals surface area (Å²) in [5, 5.41) is 0. The first kappa shape index (κ1) is 52.2. The summed E-state index contributed by atoms with van der Waals surface area (Å²) in [6.45, 7) is 4.15. The standard InChI is InChI=1S/C44H82NO8P/c1-6-8-10-12-14-16-18-20-21-22-23-25-27-29-31-33-35-37-44(47)53-42(41-52-54(48,49)51-39-38-45(3,4)5)40-50-43(46)36-34-32-30-28-26-24-19-17-15-13-11-9-7-2/h17,19,23,25,29,31,42H,6-16,18,20-22,24,26-28,30,32-41H2,1-5H3/b19-17+,25-23+,31-29+/t42-/m1/s1. The Kier molecular flexibility index (Phi) is 35.6. The third-order valence-corrected chi connectivity index (χ3v) is 10.1. The van der Waals surface area contributed by atoms with E-state index in [1.54, 1.807) is 0 Å². The van der Waals surface area contributed by atoms with E-state index < -0.39 is 32.5 Å². The Balaban J connectivity index is 4.45. The van der Waals surface area contributed by atoms with E-state index in [9.17, 15) is 19.0 Å². The molecule has 9 nitrogen and oxygen atoms in total. The van der Waals surface area contributed by atoms with Gasteiger partial charge in [-0.15, -0.1) is 0 Å². The van der Waals surface area contributed by atoms with Crippen molar-refractivity contribution in [2.75, 3.05) is 47.5 Å². The molecule has 0 saturated carbocycles. The van der Waals surface area contributed by atoms with E-state index in [-0.39, 0.29) is 26.1 Å². The quantitative estimate of drug-likeness (QED) is 0.0199. The molecular formula is C44H82NO8P. The minimum Gasteiger partial charge on any atom is -0.756 e. The highest BCUT2D eigenvalue weighted by Crippen LogP contribution is 2.38. The van der Waals surface area contributed by atoms with Gasteiger partial charge in [-0.3, -0.25) is 14.2 Å². The minimum atomic E-state index is -4.63. The van der Waals surface area contributed by atoms with Crippen LogP contribution >= 0.6 is 7.82 Å². The topological polar surface area (TPSA) is 111 Å². The second-order valence-electron chi connectivity index (χ2n) is 15.7. The summed E-state index contributed by atoms with van der Waals surface area (Å²) in [5.41, 5.74) is 0. The minimum absolute atomic E-state index is 0.0395.